The van der Waals surface area contributed by atoms with Crippen molar-refractivity contribution in [3.63, 3.8) is 0 Å². The summed E-state index contributed by atoms with van der Waals surface area (Å²) in [6.07, 6.45) is 2.83. The van der Waals surface area contributed by atoms with Gasteiger partial charge >= 0.3 is 0 Å². The lowest BCUT2D eigenvalue weighted by atomic mass is 10.0. The van der Waals surface area contributed by atoms with Gasteiger partial charge < -0.3 is 10.1 Å². The zero-order valence-corrected chi connectivity index (χ0v) is 11.9. The maximum atomic E-state index is 5.31. The molecule has 0 aromatic heterocycles. The molecule has 3 heteroatoms. The molecule has 3 nitrogen and oxygen atoms in total. The fourth-order valence-corrected chi connectivity index (χ4v) is 2.99. The molecule has 1 aliphatic heterocycles. The normalized spacial score (nSPS) is 28.3. The molecule has 2 fully saturated rings. The van der Waals surface area contributed by atoms with Crippen molar-refractivity contribution in [2.75, 3.05) is 20.2 Å². The lowest BCUT2D eigenvalue weighted by Crippen LogP contribution is -2.55. The minimum Gasteiger partial charge on any atom is -0.497 e. The van der Waals surface area contributed by atoms with Crippen LogP contribution in [0.3, 0.4) is 0 Å². The highest BCUT2D eigenvalue weighted by Gasteiger charge is 2.35. The van der Waals surface area contributed by atoms with E-state index in [1.165, 1.54) is 24.9 Å². The number of rotatable bonds is 4. The number of nitrogens with zero attached hydrogens (tertiary/aromatic N) is 1. The highest BCUT2D eigenvalue weighted by Crippen LogP contribution is 2.34. The van der Waals surface area contributed by atoms with Crippen LogP contribution in [0.4, 0.5) is 0 Å². The lowest BCUT2D eigenvalue weighted by molar-refractivity contribution is 0.125. The first-order valence-electron chi connectivity index (χ1n) is 7.36. The molecule has 104 valence electrons. The van der Waals surface area contributed by atoms with E-state index >= 15 is 0 Å². The molecule has 1 aromatic carbocycles. The van der Waals surface area contributed by atoms with E-state index in [0.29, 0.717) is 12.1 Å². The Balaban J connectivity index is 1.65. The molecule has 1 aromatic rings. The van der Waals surface area contributed by atoms with Gasteiger partial charge in [0.2, 0.25) is 0 Å². The van der Waals surface area contributed by atoms with Gasteiger partial charge in [0.15, 0.2) is 0 Å². The maximum absolute atomic E-state index is 5.31. The van der Waals surface area contributed by atoms with Crippen molar-refractivity contribution < 1.29 is 4.74 Å². The van der Waals surface area contributed by atoms with Crippen LogP contribution in [0, 0.1) is 5.92 Å². The number of benzene rings is 1. The molecule has 1 heterocycles. The SMILES string of the molecule is COc1cccc(CN2CC(C3CC3)NCC2C)c1. The van der Waals surface area contributed by atoms with Gasteiger partial charge in [-0.1, -0.05) is 12.1 Å². The monoisotopic (exact) mass is 260 g/mol. The second kappa shape index (κ2) is 5.51. The first-order valence-corrected chi connectivity index (χ1v) is 7.36. The summed E-state index contributed by atoms with van der Waals surface area (Å²) in [6, 6.07) is 9.77. The molecule has 0 amide bonds. The molecule has 3 rings (SSSR count). The summed E-state index contributed by atoms with van der Waals surface area (Å²) in [7, 11) is 1.73. The third kappa shape index (κ3) is 3.10. The molecule has 1 N–H and O–H groups in total. The fraction of sp³-hybridized carbons (Fsp3) is 0.625. The van der Waals surface area contributed by atoms with Gasteiger partial charge in [0.25, 0.3) is 0 Å². The van der Waals surface area contributed by atoms with Crippen LogP contribution >= 0.6 is 0 Å². The quantitative estimate of drug-likeness (QED) is 0.899. The Kier molecular flexibility index (Phi) is 3.76. The van der Waals surface area contributed by atoms with Crippen LogP contribution in [-0.4, -0.2) is 37.2 Å². The molecule has 19 heavy (non-hydrogen) atoms. The van der Waals surface area contributed by atoms with Gasteiger partial charge in [-0.15, -0.1) is 0 Å². The molecule has 0 radical (unpaired) electrons. The summed E-state index contributed by atoms with van der Waals surface area (Å²) in [4.78, 5) is 2.61. The predicted molar refractivity (Wildman–Crippen MR) is 77.4 cm³/mol. The van der Waals surface area contributed by atoms with Crippen LogP contribution in [0.5, 0.6) is 5.75 Å². The summed E-state index contributed by atoms with van der Waals surface area (Å²) in [6.45, 7) is 5.65. The Morgan fingerprint density at radius 3 is 2.95 bits per heavy atom. The van der Waals surface area contributed by atoms with E-state index in [9.17, 15) is 0 Å². The second-order valence-electron chi connectivity index (χ2n) is 5.98. The zero-order valence-electron chi connectivity index (χ0n) is 11.9. The Bertz CT molecular complexity index is 431. The van der Waals surface area contributed by atoms with E-state index in [-0.39, 0.29) is 0 Å². The second-order valence-corrected chi connectivity index (χ2v) is 5.98. The number of hydrogen-bond donors (Lipinski definition) is 1. The van der Waals surface area contributed by atoms with E-state index in [0.717, 1.165) is 24.8 Å². The average Bonchev–Trinajstić information content (AvgIpc) is 3.26. The Labute approximate surface area is 115 Å². The van der Waals surface area contributed by atoms with E-state index < -0.39 is 0 Å². The summed E-state index contributed by atoms with van der Waals surface area (Å²) in [5.41, 5.74) is 1.35. The summed E-state index contributed by atoms with van der Waals surface area (Å²) in [5.74, 6) is 1.89. The molecule has 1 aliphatic carbocycles. The van der Waals surface area contributed by atoms with E-state index in [2.05, 4.69) is 35.3 Å². The number of hydrogen-bond acceptors (Lipinski definition) is 3. The number of nitrogens with one attached hydrogen (secondary N) is 1. The largest absolute Gasteiger partial charge is 0.497 e. The van der Waals surface area contributed by atoms with Gasteiger partial charge in [0.05, 0.1) is 7.11 Å². The fourth-order valence-electron chi connectivity index (χ4n) is 2.99. The van der Waals surface area contributed by atoms with Gasteiger partial charge in [0, 0.05) is 31.7 Å². The third-order valence-corrected chi connectivity index (χ3v) is 4.44. The van der Waals surface area contributed by atoms with Crippen LogP contribution < -0.4 is 10.1 Å². The number of ether oxygens (including phenoxy) is 1. The minimum absolute atomic E-state index is 0.612. The van der Waals surface area contributed by atoms with E-state index in [1.54, 1.807) is 7.11 Å². The van der Waals surface area contributed by atoms with Crippen molar-refractivity contribution in [3.05, 3.63) is 29.8 Å². The van der Waals surface area contributed by atoms with Gasteiger partial charge in [-0.25, -0.2) is 0 Å². The van der Waals surface area contributed by atoms with Crippen molar-refractivity contribution in [1.82, 2.24) is 10.2 Å². The van der Waals surface area contributed by atoms with Gasteiger partial charge in [-0.05, 0) is 43.4 Å². The third-order valence-electron chi connectivity index (χ3n) is 4.44. The molecule has 1 saturated carbocycles. The van der Waals surface area contributed by atoms with Crippen molar-refractivity contribution in [2.45, 2.75) is 38.4 Å². The smallest absolute Gasteiger partial charge is 0.119 e. The highest BCUT2D eigenvalue weighted by atomic mass is 16.5. The molecule has 0 bridgehead atoms. The standard InChI is InChI=1S/C16H24N2O/c1-12-9-17-16(14-6-7-14)11-18(12)10-13-4-3-5-15(8-13)19-2/h3-5,8,12,14,16-17H,6-7,9-11H2,1-2H3. The van der Waals surface area contributed by atoms with Gasteiger partial charge in [-0.2, -0.15) is 0 Å². The van der Waals surface area contributed by atoms with Crippen LogP contribution in [0.15, 0.2) is 24.3 Å². The molecule has 1 saturated heterocycles. The molecular weight excluding hydrogens is 236 g/mol. The molecule has 2 atom stereocenters. The Morgan fingerprint density at radius 2 is 2.21 bits per heavy atom. The van der Waals surface area contributed by atoms with Gasteiger partial charge in [-0.3, -0.25) is 4.90 Å². The molecule has 2 unspecified atom stereocenters. The topological polar surface area (TPSA) is 24.5 Å². The Hall–Kier alpha value is -1.06. The summed E-state index contributed by atoms with van der Waals surface area (Å²) >= 11 is 0. The number of methoxy groups -OCH3 is 1. The molecular formula is C16H24N2O. The molecule has 0 spiro atoms. The lowest BCUT2D eigenvalue weighted by Gasteiger charge is -2.39. The zero-order chi connectivity index (χ0) is 13.2. The average molecular weight is 260 g/mol. The van der Waals surface area contributed by atoms with E-state index in [4.69, 9.17) is 4.74 Å². The first-order chi connectivity index (χ1) is 9.26. The van der Waals surface area contributed by atoms with Crippen LogP contribution in [0.25, 0.3) is 0 Å². The number of piperazine rings is 1. The van der Waals surface area contributed by atoms with Crippen LogP contribution in [0.1, 0.15) is 25.3 Å². The van der Waals surface area contributed by atoms with Gasteiger partial charge in [0.1, 0.15) is 5.75 Å². The van der Waals surface area contributed by atoms with Crippen molar-refractivity contribution in [2.24, 2.45) is 5.92 Å². The van der Waals surface area contributed by atoms with Crippen LogP contribution in [-0.2, 0) is 6.54 Å². The highest BCUT2D eigenvalue weighted by molar-refractivity contribution is 5.28. The maximum Gasteiger partial charge on any atom is 0.119 e. The summed E-state index contributed by atoms with van der Waals surface area (Å²) < 4.78 is 5.31. The van der Waals surface area contributed by atoms with E-state index in [1.807, 2.05) is 6.07 Å². The molecule has 2 aliphatic rings. The predicted octanol–water partition coefficient (Wildman–Crippen LogP) is 2.27. The van der Waals surface area contributed by atoms with Crippen LogP contribution in [0.2, 0.25) is 0 Å². The first kappa shape index (κ1) is 12.9. The summed E-state index contributed by atoms with van der Waals surface area (Å²) in [5, 5.41) is 3.70. The Morgan fingerprint density at radius 1 is 1.37 bits per heavy atom. The van der Waals surface area contributed by atoms with Crippen molar-refractivity contribution in [1.29, 1.82) is 0 Å². The minimum atomic E-state index is 0.612. The van der Waals surface area contributed by atoms with Crippen molar-refractivity contribution in [3.8, 4) is 5.75 Å². The van der Waals surface area contributed by atoms with Crippen molar-refractivity contribution >= 4 is 0 Å².